The van der Waals surface area contributed by atoms with Crippen molar-refractivity contribution in [3.63, 3.8) is 0 Å². The molecule has 0 saturated heterocycles. The van der Waals surface area contributed by atoms with Crippen LogP contribution in [0, 0.1) is 0 Å². The van der Waals surface area contributed by atoms with Gasteiger partial charge < -0.3 is 4.74 Å². The molecule has 1 heterocycles. The van der Waals surface area contributed by atoms with E-state index in [4.69, 9.17) is 4.74 Å². The Balaban J connectivity index is 2.98. The topological polar surface area (TPSA) is 27.1 Å². The molecule has 0 aliphatic rings. The summed E-state index contributed by atoms with van der Waals surface area (Å²) < 4.78 is 8.26. The zero-order valence-electron chi connectivity index (χ0n) is 9.12. The lowest BCUT2D eigenvalue weighted by atomic mass is 10.1. The number of halogens is 1. The summed E-state index contributed by atoms with van der Waals surface area (Å²) in [5.41, 5.74) is 1.21. The van der Waals surface area contributed by atoms with Gasteiger partial charge in [-0.1, -0.05) is 6.92 Å². The van der Waals surface area contributed by atoms with Gasteiger partial charge in [-0.05, 0) is 29.8 Å². The number of nitrogens with zero attached hydrogens (tertiary/aromatic N) is 2. The first-order valence-electron chi connectivity index (χ1n) is 4.79. The van der Waals surface area contributed by atoms with Crippen LogP contribution in [0.1, 0.15) is 38.4 Å². The minimum Gasteiger partial charge on any atom is -0.384 e. The average Bonchev–Trinajstić information content (AvgIpc) is 2.47. The monoisotopic (exact) mass is 260 g/mol. The standard InChI is InChI=1S/C10H17BrN2O/c1-7(2)13-10(8(3)6-14-4)9(11)5-12-13/h5,7-8H,6H2,1-4H3. The number of hydrogen-bond acceptors (Lipinski definition) is 2. The van der Waals surface area contributed by atoms with E-state index in [-0.39, 0.29) is 0 Å². The third-order valence-electron chi connectivity index (χ3n) is 2.16. The maximum atomic E-state index is 5.16. The predicted octanol–water partition coefficient (Wildman–Crippen LogP) is 2.98. The zero-order chi connectivity index (χ0) is 10.7. The van der Waals surface area contributed by atoms with Crippen LogP contribution >= 0.6 is 15.9 Å². The SMILES string of the molecule is COCC(C)c1c(Br)cnn1C(C)C. The Morgan fingerprint density at radius 3 is 2.64 bits per heavy atom. The summed E-state index contributed by atoms with van der Waals surface area (Å²) in [6.07, 6.45) is 1.85. The summed E-state index contributed by atoms with van der Waals surface area (Å²) in [6, 6.07) is 0.385. The van der Waals surface area contributed by atoms with E-state index < -0.39 is 0 Å². The minimum absolute atomic E-state index is 0.360. The quantitative estimate of drug-likeness (QED) is 0.833. The van der Waals surface area contributed by atoms with Crippen LogP contribution in [0.2, 0.25) is 0 Å². The summed E-state index contributed by atoms with van der Waals surface area (Å²) in [7, 11) is 1.72. The number of rotatable bonds is 4. The predicted molar refractivity (Wildman–Crippen MR) is 60.6 cm³/mol. The van der Waals surface area contributed by atoms with E-state index in [0.29, 0.717) is 12.0 Å². The highest BCUT2D eigenvalue weighted by molar-refractivity contribution is 9.10. The molecule has 0 aliphatic heterocycles. The molecule has 0 radical (unpaired) electrons. The van der Waals surface area contributed by atoms with Gasteiger partial charge in [-0.3, -0.25) is 4.68 Å². The summed E-state index contributed by atoms with van der Waals surface area (Å²) >= 11 is 3.52. The van der Waals surface area contributed by atoms with Crippen molar-refractivity contribution in [3.8, 4) is 0 Å². The van der Waals surface area contributed by atoms with Gasteiger partial charge in [-0.15, -0.1) is 0 Å². The van der Waals surface area contributed by atoms with Crippen LogP contribution in [0.4, 0.5) is 0 Å². The van der Waals surface area contributed by atoms with Crippen LogP contribution in [-0.2, 0) is 4.74 Å². The Bertz CT molecular complexity index is 296. The van der Waals surface area contributed by atoms with Crippen LogP contribution in [-0.4, -0.2) is 23.5 Å². The van der Waals surface area contributed by atoms with E-state index in [2.05, 4.69) is 41.8 Å². The van der Waals surface area contributed by atoms with Crippen molar-refractivity contribution in [2.75, 3.05) is 13.7 Å². The third-order valence-corrected chi connectivity index (χ3v) is 2.77. The second-order valence-corrected chi connectivity index (χ2v) is 4.63. The largest absolute Gasteiger partial charge is 0.384 e. The normalized spacial score (nSPS) is 13.6. The Morgan fingerprint density at radius 1 is 1.50 bits per heavy atom. The first kappa shape index (κ1) is 11.7. The van der Waals surface area contributed by atoms with Gasteiger partial charge in [0.1, 0.15) is 0 Å². The van der Waals surface area contributed by atoms with Gasteiger partial charge in [0.25, 0.3) is 0 Å². The van der Waals surface area contributed by atoms with Crippen LogP contribution in [0.5, 0.6) is 0 Å². The van der Waals surface area contributed by atoms with Crippen LogP contribution < -0.4 is 0 Å². The first-order chi connectivity index (χ1) is 6.57. The summed E-state index contributed by atoms with van der Waals surface area (Å²) in [5, 5.41) is 4.33. The molecule has 14 heavy (non-hydrogen) atoms. The second kappa shape index (κ2) is 4.94. The van der Waals surface area contributed by atoms with E-state index in [1.54, 1.807) is 7.11 Å². The maximum absolute atomic E-state index is 5.16. The van der Waals surface area contributed by atoms with Crippen molar-refractivity contribution in [2.45, 2.75) is 32.7 Å². The smallest absolute Gasteiger partial charge is 0.0635 e. The molecule has 0 fully saturated rings. The molecule has 4 heteroatoms. The fraction of sp³-hybridized carbons (Fsp3) is 0.700. The second-order valence-electron chi connectivity index (χ2n) is 3.77. The van der Waals surface area contributed by atoms with E-state index in [0.717, 1.165) is 11.1 Å². The molecule has 1 aromatic rings. The Morgan fingerprint density at radius 2 is 2.14 bits per heavy atom. The van der Waals surface area contributed by atoms with Crippen molar-refractivity contribution < 1.29 is 4.74 Å². The molecule has 1 rings (SSSR count). The Hall–Kier alpha value is -0.350. The van der Waals surface area contributed by atoms with E-state index in [1.807, 2.05) is 10.9 Å². The van der Waals surface area contributed by atoms with Crippen molar-refractivity contribution in [2.24, 2.45) is 0 Å². The van der Waals surface area contributed by atoms with Gasteiger partial charge in [0.15, 0.2) is 0 Å². The summed E-state index contributed by atoms with van der Waals surface area (Å²) in [4.78, 5) is 0. The van der Waals surface area contributed by atoms with Crippen molar-refractivity contribution in [3.05, 3.63) is 16.4 Å². The molecule has 0 aromatic carbocycles. The van der Waals surface area contributed by atoms with Crippen molar-refractivity contribution in [1.82, 2.24) is 9.78 Å². The zero-order valence-corrected chi connectivity index (χ0v) is 10.7. The van der Waals surface area contributed by atoms with Gasteiger partial charge >= 0.3 is 0 Å². The molecule has 80 valence electrons. The maximum Gasteiger partial charge on any atom is 0.0635 e. The molecule has 0 amide bonds. The minimum atomic E-state index is 0.360. The lowest BCUT2D eigenvalue weighted by molar-refractivity contribution is 0.180. The first-order valence-corrected chi connectivity index (χ1v) is 5.59. The molecule has 1 atom stereocenters. The van der Waals surface area contributed by atoms with Gasteiger partial charge in [0.2, 0.25) is 0 Å². The molecule has 1 unspecified atom stereocenters. The highest BCUT2D eigenvalue weighted by Gasteiger charge is 2.17. The fourth-order valence-corrected chi connectivity index (χ4v) is 2.22. The van der Waals surface area contributed by atoms with Crippen LogP contribution in [0.25, 0.3) is 0 Å². The van der Waals surface area contributed by atoms with Crippen LogP contribution in [0.3, 0.4) is 0 Å². The van der Waals surface area contributed by atoms with Gasteiger partial charge in [-0.2, -0.15) is 5.10 Å². The van der Waals surface area contributed by atoms with E-state index in [9.17, 15) is 0 Å². The molecular formula is C10H17BrN2O. The van der Waals surface area contributed by atoms with Gasteiger partial charge in [0, 0.05) is 19.1 Å². The molecule has 0 spiro atoms. The lowest BCUT2D eigenvalue weighted by Crippen LogP contribution is -2.13. The molecule has 0 saturated carbocycles. The molecular weight excluding hydrogens is 244 g/mol. The summed E-state index contributed by atoms with van der Waals surface area (Å²) in [5.74, 6) is 0.360. The van der Waals surface area contributed by atoms with E-state index in [1.165, 1.54) is 5.69 Å². The highest BCUT2D eigenvalue weighted by Crippen LogP contribution is 2.27. The van der Waals surface area contributed by atoms with Crippen molar-refractivity contribution in [1.29, 1.82) is 0 Å². The lowest BCUT2D eigenvalue weighted by Gasteiger charge is -2.16. The Kier molecular flexibility index (Phi) is 4.13. The van der Waals surface area contributed by atoms with Gasteiger partial charge in [-0.25, -0.2) is 0 Å². The molecule has 1 aromatic heterocycles. The highest BCUT2D eigenvalue weighted by atomic mass is 79.9. The van der Waals surface area contributed by atoms with Gasteiger partial charge in [0.05, 0.1) is 23.0 Å². The summed E-state index contributed by atoms with van der Waals surface area (Å²) in [6.45, 7) is 7.12. The molecule has 3 nitrogen and oxygen atoms in total. The third kappa shape index (κ3) is 2.36. The van der Waals surface area contributed by atoms with Crippen molar-refractivity contribution >= 4 is 15.9 Å². The molecule has 0 bridgehead atoms. The molecule has 0 aliphatic carbocycles. The van der Waals surface area contributed by atoms with E-state index >= 15 is 0 Å². The molecule has 0 N–H and O–H groups in total. The average molecular weight is 261 g/mol. The number of hydrogen-bond donors (Lipinski definition) is 0. The number of aromatic nitrogens is 2. The fourth-order valence-electron chi connectivity index (χ4n) is 1.55. The van der Waals surface area contributed by atoms with Crippen LogP contribution in [0.15, 0.2) is 10.7 Å². The number of methoxy groups -OCH3 is 1. The Labute approximate surface area is 93.6 Å². The number of ether oxygens (including phenoxy) is 1.